The van der Waals surface area contributed by atoms with Gasteiger partial charge in [-0.2, -0.15) is 0 Å². The molecule has 3 saturated heterocycles. The molecule has 0 saturated carbocycles. The minimum atomic E-state index is -0.468. The molecule has 3 fully saturated rings. The van der Waals surface area contributed by atoms with Crippen LogP contribution >= 0.6 is 0 Å². The highest BCUT2D eigenvalue weighted by Gasteiger charge is 2.36. The van der Waals surface area contributed by atoms with Gasteiger partial charge < -0.3 is 15.1 Å². The van der Waals surface area contributed by atoms with E-state index in [4.69, 9.17) is 0 Å². The molecule has 2 amide bonds. The fourth-order valence-electron chi connectivity index (χ4n) is 3.68. The maximum Gasteiger partial charge on any atom is 0.251 e. The van der Waals surface area contributed by atoms with Gasteiger partial charge in [-0.15, -0.1) is 0 Å². The van der Waals surface area contributed by atoms with Gasteiger partial charge in [0.15, 0.2) is 0 Å². The number of nitrogens with one attached hydrogen (secondary N) is 1. The zero-order chi connectivity index (χ0) is 17.1. The Hall–Kier alpha value is -1.88. The molecule has 0 spiro atoms. The number of carbonyl (C=O) groups excluding carboxylic acids is 2. The number of amides is 2. The molecule has 5 heteroatoms. The van der Waals surface area contributed by atoms with Crippen LogP contribution in [-0.2, 0) is 4.79 Å². The summed E-state index contributed by atoms with van der Waals surface area (Å²) < 4.78 is 0. The van der Waals surface area contributed by atoms with Crippen LogP contribution in [0.1, 0.15) is 37.0 Å². The van der Waals surface area contributed by atoms with E-state index in [1.54, 1.807) is 12.1 Å². The van der Waals surface area contributed by atoms with E-state index in [1.165, 1.54) is 0 Å². The van der Waals surface area contributed by atoms with Gasteiger partial charge in [0, 0.05) is 37.8 Å². The molecule has 1 aromatic rings. The van der Waals surface area contributed by atoms with Crippen molar-refractivity contribution >= 4 is 11.8 Å². The molecule has 3 aliphatic heterocycles. The maximum absolute atomic E-state index is 13.1. The Balaban J connectivity index is 1.73. The summed E-state index contributed by atoms with van der Waals surface area (Å²) in [6.07, 6.45) is 2.09. The molecule has 130 valence electrons. The predicted molar refractivity (Wildman–Crippen MR) is 93.7 cm³/mol. The normalized spacial score (nSPS) is 24.5. The van der Waals surface area contributed by atoms with E-state index in [2.05, 4.69) is 10.2 Å². The van der Waals surface area contributed by atoms with E-state index in [0.717, 1.165) is 39.0 Å². The van der Waals surface area contributed by atoms with Crippen molar-refractivity contribution in [2.45, 2.75) is 38.8 Å². The molecule has 3 aliphatic rings. The molecule has 5 nitrogen and oxygen atoms in total. The minimum Gasteiger partial charge on any atom is -0.340 e. The molecular formula is C19H27N3O2. The van der Waals surface area contributed by atoms with Gasteiger partial charge in [-0.1, -0.05) is 32.0 Å². The highest BCUT2D eigenvalue weighted by atomic mass is 16.2. The van der Waals surface area contributed by atoms with Gasteiger partial charge in [0.25, 0.3) is 5.91 Å². The van der Waals surface area contributed by atoms with E-state index in [-0.39, 0.29) is 17.7 Å². The number of hydrogen-bond donors (Lipinski definition) is 1. The molecule has 0 aliphatic carbocycles. The van der Waals surface area contributed by atoms with Crippen molar-refractivity contribution in [1.82, 2.24) is 15.1 Å². The van der Waals surface area contributed by atoms with Crippen molar-refractivity contribution in [2.75, 3.05) is 26.2 Å². The van der Waals surface area contributed by atoms with Crippen LogP contribution in [0.25, 0.3) is 0 Å². The van der Waals surface area contributed by atoms with Crippen LogP contribution in [0.4, 0.5) is 0 Å². The van der Waals surface area contributed by atoms with Crippen molar-refractivity contribution in [2.24, 2.45) is 5.92 Å². The Bertz CT molecular complexity index is 580. The van der Waals surface area contributed by atoms with Gasteiger partial charge in [-0.25, -0.2) is 0 Å². The monoisotopic (exact) mass is 329 g/mol. The van der Waals surface area contributed by atoms with Gasteiger partial charge in [-0.3, -0.25) is 9.59 Å². The molecule has 2 bridgehead atoms. The fraction of sp³-hybridized carbons (Fsp3) is 0.579. The van der Waals surface area contributed by atoms with Crippen LogP contribution in [0, 0.1) is 5.92 Å². The van der Waals surface area contributed by atoms with Crippen LogP contribution in [-0.4, -0.2) is 59.9 Å². The molecule has 3 heterocycles. The second-order valence-electron chi connectivity index (χ2n) is 7.17. The summed E-state index contributed by atoms with van der Waals surface area (Å²) in [5, 5.41) is 2.96. The Labute approximate surface area is 144 Å². The zero-order valence-electron chi connectivity index (χ0n) is 14.6. The first kappa shape index (κ1) is 17.0. The van der Waals surface area contributed by atoms with Gasteiger partial charge in [0.05, 0.1) is 0 Å². The third-order valence-electron chi connectivity index (χ3n) is 5.19. The number of hydrogen-bond acceptors (Lipinski definition) is 3. The molecule has 0 radical (unpaired) electrons. The summed E-state index contributed by atoms with van der Waals surface area (Å²) in [6, 6.07) is 8.96. The standard InChI is InChI=1S/C19H27N3O2/c1-14(2)17(20-18(23)15-6-4-3-5-7-15)19(24)22-13-12-21-10-8-16(22)9-11-21/h3-7,14,16-17H,8-13H2,1-2H3,(H,20,23)/t17-/m1/s1. The molecular weight excluding hydrogens is 302 g/mol. The minimum absolute atomic E-state index is 0.0610. The van der Waals surface area contributed by atoms with Crippen molar-refractivity contribution in [3.05, 3.63) is 35.9 Å². The van der Waals surface area contributed by atoms with E-state index in [0.29, 0.717) is 11.6 Å². The number of benzene rings is 1. The lowest BCUT2D eigenvalue weighted by Gasteiger charge is -2.35. The molecule has 4 rings (SSSR count). The van der Waals surface area contributed by atoms with E-state index >= 15 is 0 Å². The molecule has 1 N–H and O–H groups in total. The number of nitrogens with zero attached hydrogens (tertiary/aromatic N) is 2. The fourth-order valence-corrected chi connectivity index (χ4v) is 3.68. The van der Waals surface area contributed by atoms with E-state index in [9.17, 15) is 9.59 Å². The topological polar surface area (TPSA) is 52.7 Å². The molecule has 0 unspecified atom stereocenters. The third-order valence-corrected chi connectivity index (χ3v) is 5.19. The smallest absolute Gasteiger partial charge is 0.251 e. The van der Waals surface area contributed by atoms with Crippen LogP contribution in [0.15, 0.2) is 30.3 Å². The van der Waals surface area contributed by atoms with E-state index in [1.807, 2.05) is 36.9 Å². The summed E-state index contributed by atoms with van der Waals surface area (Å²) in [4.78, 5) is 30.1. The van der Waals surface area contributed by atoms with E-state index < -0.39 is 6.04 Å². The Kier molecular flexibility index (Phi) is 5.19. The maximum atomic E-state index is 13.1. The number of carbonyl (C=O) groups is 2. The lowest BCUT2D eigenvalue weighted by molar-refractivity contribution is -0.136. The second-order valence-corrected chi connectivity index (χ2v) is 7.17. The first-order valence-electron chi connectivity index (χ1n) is 8.95. The van der Waals surface area contributed by atoms with Gasteiger partial charge in [0.1, 0.15) is 6.04 Å². The lowest BCUT2D eigenvalue weighted by Crippen LogP contribution is -2.54. The first-order chi connectivity index (χ1) is 11.6. The van der Waals surface area contributed by atoms with Crippen LogP contribution in [0.2, 0.25) is 0 Å². The number of fused-ring (bicyclic) bond motifs is 4. The summed E-state index contributed by atoms with van der Waals surface area (Å²) >= 11 is 0. The number of piperidine rings is 1. The zero-order valence-corrected chi connectivity index (χ0v) is 14.6. The molecule has 1 aromatic carbocycles. The van der Waals surface area contributed by atoms with Crippen LogP contribution in [0.5, 0.6) is 0 Å². The quantitative estimate of drug-likeness (QED) is 0.915. The van der Waals surface area contributed by atoms with Crippen molar-refractivity contribution in [3.8, 4) is 0 Å². The predicted octanol–water partition coefficient (Wildman–Crippen LogP) is 1.75. The van der Waals surface area contributed by atoms with Gasteiger partial charge in [0.2, 0.25) is 5.91 Å². The van der Waals surface area contributed by atoms with Gasteiger partial charge in [-0.05, 0) is 30.9 Å². The first-order valence-corrected chi connectivity index (χ1v) is 8.95. The summed E-state index contributed by atoms with van der Waals surface area (Å²) in [5.41, 5.74) is 0.596. The third kappa shape index (κ3) is 3.61. The largest absolute Gasteiger partial charge is 0.340 e. The highest BCUT2D eigenvalue weighted by Crippen LogP contribution is 2.22. The van der Waals surface area contributed by atoms with Gasteiger partial charge >= 0.3 is 0 Å². The average Bonchev–Trinajstić information content (AvgIpc) is 2.93. The van der Waals surface area contributed by atoms with Crippen molar-refractivity contribution in [1.29, 1.82) is 0 Å². The lowest BCUT2D eigenvalue weighted by atomic mass is 9.99. The molecule has 24 heavy (non-hydrogen) atoms. The SMILES string of the molecule is CC(C)[C@@H](NC(=O)c1ccccc1)C(=O)N1CCN2CCC1CC2. The second kappa shape index (κ2) is 7.34. The summed E-state index contributed by atoms with van der Waals surface area (Å²) in [7, 11) is 0. The average molecular weight is 329 g/mol. The van der Waals surface area contributed by atoms with Crippen molar-refractivity contribution < 1.29 is 9.59 Å². The highest BCUT2D eigenvalue weighted by molar-refractivity contribution is 5.97. The molecule has 0 aromatic heterocycles. The number of rotatable bonds is 4. The van der Waals surface area contributed by atoms with Crippen LogP contribution < -0.4 is 5.32 Å². The summed E-state index contributed by atoms with van der Waals surface area (Å²) in [5.74, 6) is -0.0422. The summed E-state index contributed by atoms with van der Waals surface area (Å²) in [6.45, 7) is 7.86. The Morgan fingerprint density at radius 3 is 2.33 bits per heavy atom. The Morgan fingerprint density at radius 2 is 1.71 bits per heavy atom. The van der Waals surface area contributed by atoms with Crippen LogP contribution in [0.3, 0.4) is 0 Å². The molecule has 1 atom stereocenters. The Morgan fingerprint density at radius 1 is 1.04 bits per heavy atom. The van der Waals surface area contributed by atoms with Crippen molar-refractivity contribution in [3.63, 3.8) is 0 Å².